The highest BCUT2D eigenvalue weighted by Gasteiger charge is 2.50. The Hall–Kier alpha value is -3.27. The summed E-state index contributed by atoms with van der Waals surface area (Å²) < 4.78 is 16.4. The molecule has 1 fully saturated rings. The lowest BCUT2D eigenvalue weighted by atomic mass is 9.96. The number of ether oxygens (including phenoxy) is 3. The maximum atomic E-state index is 12.7. The molecule has 0 aromatic heterocycles. The molecule has 2 aromatic rings. The molecular weight excluding hydrogens is 406 g/mol. The van der Waals surface area contributed by atoms with Crippen molar-refractivity contribution in [1.82, 2.24) is 5.32 Å². The number of esters is 2. The zero-order valence-corrected chi connectivity index (χ0v) is 16.7. The van der Waals surface area contributed by atoms with Crippen LogP contribution in [0.1, 0.15) is 27.6 Å². The second kappa shape index (κ2) is 10.2. The van der Waals surface area contributed by atoms with E-state index in [4.69, 9.17) is 14.2 Å². The molecule has 3 N–H and O–H groups in total. The summed E-state index contributed by atoms with van der Waals surface area (Å²) >= 11 is 0. The number of rotatable bonds is 6. The van der Waals surface area contributed by atoms with Crippen LogP contribution in [0.15, 0.2) is 60.7 Å². The molecule has 1 amide bonds. The lowest BCUT2D eigenvalue weighted by Gasteiger charge is -2.43. The zero-order valence-electron chi connectivity index (χ0n) is 16.7. The zero-order chi connectivity index (χ0) is 22.4. The van der Waals surface area contributed by atoms with Crippen molar-refractivity contribution in [2.24, 2.45) is 0 Å². The van der Waals surface area contributed by atoms with Gasteiger partial charge < -0.3 is 29.7 Å². The Morgan fingerprint density at radius 2 is 1.39 bits per heavy atom. The number of hydrogen-bond donors (Lipinski definition) is 3. The van der Waals surface area contributed by atoms with Crippen LogP contribution in [0.4, 0.5) is 0 Å². The predicted octanol–water partition coefficient (Wildman–Crippen LogP) is 0.652. The van der Waals surface area contributed by atoms with Crippen molar-refractivity contribution in [2.45, 2.75) is 37.6 Å². The summed E-state index contributed by atoms with van der Waals surface area (Å²) in [7, 11) is 0. The summed E-state index contributed by atoms with van der Waals surface area (Å²) in [6.45, 7) is 0.585. The summed E-state index contributed by atoms with van der Waals surface area (Å²) in [5.74, 6) is -2.03. The molecule has 0 aliphatic carbocycles. The average molecular weight is 429 g/mol. The van der Waals surface area contributed by atoms with Gasteiger partial charge in [0.1, 0.15) is 12.1 Å². The van der Waals surface area contributed by atoms with Gasteiger partial charge in [-0.05, 0) is 24.3 Å². The van der Waals surface area contributed by atoms with E-state index in [1.807, 2.05) is 0 Å². The maximum absolute atomic E-state index is 12.7. The molecule has 3 rings (SSSR count). The highest BCUT2D eigenvalue weighted by molar-refractivity contribution is 5.90. The van der Waals surface area contributed by atoms with Crippen molar-refractivity contribution in [3.05, 3.63) is 71.8 Å². The van der Waals surface area contributed by atoms with Crippen molar-refractivity contribution >= 4 is 17.8 Å². The molecule has 0 saturated carbocycles. The van der Waals surface area contributed by atoms with Crippen LogP contribution in [0.25, 0.3) is 0 Å². The molecule has 0 bridgehead atoms. The monoisotopic (exact) mass is 429 g/mol. The second-order valence-corrected chi connectivity index (χ2v) is 6.95. The first kappa shape index (κ1) is 22.4. The number of aliphatic hydroxyl groups is 2. The van der Waals surface area contributed by atoms with E-state index in [2.05, 4.69) is 5.32 Å². The Morgan fingerprint density at radius 1 is 0.903 bits per heavy atom. The normalized spacial score (nSPS) is 25.3. The molecular formula is C22H23NO8. The molecule has 0 spiro atoms. The van der Waals surface area contributed by atoms with Crippen molar-refractivity contribution < 1.29 is 38.8 Å². The van der Waals surface area contributed by atoms with Gasteiger partial charge in [-0.25, -0.2) is 9.59 Å². The third-order valence-electron chi connectivity index (χ3n) is 4.72. The first-order valence-corrected chi connectivity index (χ1v) is 9.64. The Bertz CT molecular complexity index is 904. The molecule has 5 atom stereocenters. The third-order valence-corrected chi connectivity index (χ3v) is 4.72. The van der Waals surface area contributed by atoms with E-state index in [1.54, 1.807) is 36.4 Å². The van der Waals surface area contributed by atoms with Crippen LogP contribution in [0.2, 0.25) is 0 Å². The molecule has 2 aromatic carbocycles. The van der Waals surface area contributed by atoms with Crippen LogP contribution < -0.4 is 5.32 Å². The fourth-order valence-electron chi connectivity index (χ4n) is 3.27. The summed E-state index contributed by atoms with van der Waals surface area (Å²) in [6.07, 6.45) is -5.43. The van der Waals surface area contributed by atoms with Gasteiger partial charge in [-0.1, -0.05) is 36.4 Å². The van der Waals surface area contributed by atoms with E-state index in [1.165, 1.54) is 31.2 Å². The van der Waals surface area contributed by atoms with E-state index in [-0.39, 0.29) is 11.1 Å². The van der Waals surface area contributed by atoms with Crippen molar-refractivity contribution in [3.8, 4) is 0 Å². The maximum Gasteiger partial charge on any atom is 0.338 e. The molecule has 1 aliphatic rings. The van der Waals surface area contributed by atoms with Crippen molar-refractivity contribution in [1.29, 1.82) is 0 Å². The van der Waals surface area contributed by atoms with Gasteiger partial charge in [0.05, 0.1) is 17.7 Å². The highest BCUT2D eigenvalue weighted by atomic mass is 16.7. The summed E-state index contributed by atoms with van der Waals surface area (Å²) in [5, 5.41) is 22.6. The standard InChI is InChI=1S/C22H23NO8/c1-13(25)23-17-19(31-21(27)15-10-6-3-7-11-15)18(16(12-24)29-22(17)28)30-20(26)14-8-4-2-5-9-14/h2-11,16-19,22,24,28H,12H2,1H3,(H,23,25)/t16-,17-,18-,19-,22+/m1/s1. The van der Waals surface area contributed by atoms with E-state index in [0.29, 0.717) is 0 Å². The van der Waals surface area contributed by atoms with Crippen molar-refractivity contribution in [2.75, 3.05) is 6.61 Å². The Labute approximate surface area is 178 Å². The lowest BCUT2D eigenvalue weighted by molar-refractivity contribution is -0.253. The molecule has 9 heteroatoms. The van der Waals surface area contributed by atoms with Crippen LogP contribution in [0.5, 0.6) is 0 Å². The quantitative estimate of drug-likeness (QED) is 0.571. The van der Waals surface area contributed by atoms with E-state index in [9.17, 15) is 24.6 Å². The Kier molecular flexibility index (Phi) is 7.35. The molecule has 9 nitrogen and oxygen atoms in total. The van der Waals surface area contributed by atoms with Crippen LogP contribution >= 0.6 is 0 Å². The van der Waals surface area contributed by atoms with Crippen molar-refractivity contribution in [3.63, 3.8) is 0 Å². The summed E-state index contributed by atoms with van der Waals surface area (Å²) in [6, 6.07) is 14.9. The molecule has 31 heavy (non-hydrogen) atoms. The second-order valence-electron chi connectivity index (χ2n) is 6.95. The topological polar surface area (TPSA) is 131 Å². The number of carbonyl (C=O) groups excluding carboxylic acids is 3. The number of benzene rings is 2. The van der Waals surface area contributed by atoms with E-state index in [0.717, 1.165) is 0 Å². The largest absolute Gasteiger partial charge is 0.452 e. The van der Waals surface area contributed by atoms with E-state index < -0.39 is 55.1 Å². The number of carbonyl (C=O) groups is 3. The molecule has 1 heterocycles. The van der Waals surface area contributed by atoms with Gasteiger partial charge in [-0.15, -0.1) is 0 Å². The molecule has 0 radical (unpaired) electrons. The number of nitrogens with one attached hydrogen (secondary N) is 1. The summed E-state index contributed by atoms with van der Waals surface area (Å²) in [5.41, 5.74) is 0.452. The third kappa shape index (κ3) is 5.46. The minimum absolute atomic E-state index is 0.221. The van der Waals surface area contributed by atoms with Gasteiger partial charge in [-0.2, -0.15) is 0 Å². The predicted molar refractivity (Wildman–Crippen MR) is 107 cm³/mol. The first-order valence-electron chi connectivity index (χ1n) is 9.64. The molecule has 164 valence electrons. The smallest absolute Gasteiger partial charge is 0.338 e. The average Bonchev–Trinajstić information content (AvgIpc) is 2.78. The van der Waals surface area contributed by atoms with Crippen LogP contribution in [0.3, 0.4) is 0 Å². The molecule has 1 saturated heterocycles. The van der Waals surface area contributed by atoms with Gasteiger partial charge in [0.2, 0.25) is 5.91 Å². The first-order chi connectivity index (χ1) is 14.9. The van der Waals surface area contributed by atoms with Gasteiger partial charge in [-0.3, -0.25) is 4.79 Å². The fraction of sp³-hybridized carbons (Fsp3) is 0.318. The van der Waals surface area contributed by atoms with Crippen LogP contribution in [-0.4, -0.2) is 65.3 Å². The van der Waals surface area contributed by atoms with Crippen LogP contribution in [0, 0.1) is 0 Å². The number of aliphatic hydroxyl groups excluding tert-OH is 2. The number of hydrogen-bond acceptors (Lipinski definition) is 8. The lowest BCUT2D eigenvalue weighted by Crippen LogP contribution is -2.66. The Morgan fingerprint density at radius 3 is 1.84 bits per heavy atom. The molecule has 0 unspecified atom stereocenters. The fourth-order valence-corrected chi connectivity index (χ4v) is 3.27. The Balaban J connectivity index is 1.92. The molecule has 1 aliphatic heterocycles. The van der Waals surface area contributed by atoms with Gasteiger partial charge >= 0.3 is 11.9 Å². The van der Waals surface area contributed by atoms with Crippen LogP contribution in [-0.2, 0) is 19.0 Å². The SMILES string of the molecule is CC(=O)N[C@@H]1[C@@H](OC(=O)c2ccccc2)[C@H](OC(=O)c2ccccc2)[C@@H](CO)O[C@@H]1O. The minimum Gasteiger partial charge on any atom is -0.452 e. The van der Waals surface area contributed by atoms with E-state index >= 15 is 0 Å². The number of amides is 1. The van der Waals surface area contributed by atoms with Gasteiger partial charge in [0, 0.05) is 6.92 Å². The van der Waals surface area contributed by atoms with Gasteiger partial charge in [0.15, 0.2) is 18.5 Å². The van der Waals surface area contributed by atoms with Gasteiger partial charge in [0.25, 0.3) is 0 Å². The summed E-state index contributed by atoms with van der Waals surface area (Å²) in [4.78, 5) is 37.0. The highest BCUT2D eigenvalue weighted by Crippen LogP contribution is 2.27. The minimum atomic E-state index is -1.61.